The number of benzene rings is 2. The third-order valence-corrected chi connectivity index (χ3v) is 4.29. The Morgan fingerprint density at radius 1 is 1.20 bits per heavy atom. The molecule has 2 N–H and O–H groups in total. The van der Waals surface area contributed by atoms with Crippen LogP contribution in [0.3, 0.4) is 0 Å². The lowest BCUT2D eigenvalue weighted by atomic mass is 10.0. The molecule has 0 radical (unpaired) electrons. The van der Waals surface area contributed by atoms with Gasteiger partial charge in [0.2, 0.25) is 5.91 Å². The van der Waals surface area contributed by atoms with Gasteiger partial charge < -0.3 is 15.0 Å². The van der Waals surface area contributed by atoms with Crippen molar-refractivity contribution in [1.82, 2.24) is 10.3 Å². The van der Waals surface area contributed by atoms with Gasteiger partial charge in [-0.2, -0.15) is 0 Å². The summed E-state index contributed by atoms with van der Waals surface area (Å²) >= 11 is 0. The molecule has 2 aromatic carbocycles. The lowest BCUT2D eigenvalue weighted by Gasteiger charge is -2.19. The smallest absolute Gasteiger partial charge is 0.224 e. The van der Waals surface area contributed by atoms with E-state index in [-0.39, 0.29) is 11.9 Å². The predicted octanol–water partition coefficient (Wildman–Crippen LogP) is 4.29. The molecule has 0 aliphatic rings. The first-order chi connectivity index (χ1) is 12.1. The zero-order chi connectivity index (χ0) is 17.8. The number of aryl methyl sites for hydroxylation is 1. The van der Waals surface area contributed by atoms with Gasteiger partial charge in [0.1, 0.15) is 5.75 Å². The van der Waals surface area contributed by atoms with E-state index in [2.05, 4.69) is 16.4 Å². The normalized spacial score (nSPS) is 12.1. The van der Waals surface area contributed by atoms with E-state index >= 15 is 0 Å². The highest BCUT2D eigenvalue weighted by atomic mass is 16.5. The fourth-order valence-corrected chi connectivity index (χ4v) is 3.05. The Labute approximate surface area is 148 Å². The first kappa shape index (κ1) is 17.1. The van der Waals surface area contributed by atoms with Crippen LogP contribution >= 0.6 is 0 Å². The zero-order valence-electron chi connectivity index (χ0n) is 14.9. The predicted molar refractivity (Wildman–Crippen MR) is 101 cm³/mol. The largest absolute Gasteiger partial charge is 0.494 e. The van der Waals surface area contributed by atoms with Crippen LogP contribution in [0.5, 0.6) is 5.75 Å². The average molecular weight is 336 g/mol. The summed E-state index contributed by atoms with van der Waals surface area (Å²) in [6, 6.07) is 14.0. The van der Waals surface area contributed by atoms with Gasteiger partial charge in [-0.05, 0) is 49.9 Å². The maximum absolute atomic E-state index is 12.5. The molecule has 1 heterocycles. The Kier molecular flexibility index (Phi) is 5.08. The summed E-state index contributed by atoms with van der Waals surface area (Å²) in [6.45, 7) is 6.60. The summed E-state index contributed by atoms with van der Waals surface area (Å²) in [4.78, 5) is 15.6. The van der Waals surface area contributed by atoms with Crippen molar-refractivity contribution in [2.45, 2.75) is 33.2 Å². The van der Waals surface area contributed by atoms with Crippen LogP contribution in [0.25, 0.3) is 10.9 Å². The molecule has 3 aromatic rings. The Morgan fingerprint density at radius 2 is 2.04 bits per heavy atom. The molecule has 0 bridgehead atoms. The highest BCUT2D eigenvalue weighted by Crippen LogP contribution is 2.26. The lowest BCUT2D eigenvalue weighted by Crippen LogP contribution is -2.28. The second-order valence-corrected chi connectivity index (χ2v) is 6.34. The molecule has 4 heteroatoms. The molecular weight excluding hydrogens is 312 g/mol. The number of nitrogens with one attached hydrogen (secondary N) is 2. The van der Waals surface area contributed by atoms with Crippen molar-refractivity contribution < 1.29 is 9.53 Å². The van der Waals surface area contributed by atoms with E-state index in [1.165, 1.54) is 0 Å². The van der Waals surface area contributed by atoms with Crippen molar-refractivity contribution in [3.05, 3.63) is 65.4 Å². The van der Waals surface area contributed by atoms with E-state index in [0.29, 0.717) is 13.0 Å². The highest BCUT2D eigenvalue weighted by molar-refractivity contribution is 5.83. The maximum atomic E-state index is 12.5. The molecule has 0 aliphatic heterocycles. The molecule has 0 saturated carbocycles. The number of aromatic nitrogens is 1. The number of hydrogen-bond donors (Lipinski definition) is 2. The SMILES string of the molecule is CCOc1ccc(C)cc1C(C)NC(=O)Cc1ccc2cc[nH]c2c1. The van der Waals surface area contributed by atoms with Crippen molar-refractivity contribution in [3.8, 4) is 5.75 Å². The first-order valence-corrected chi connectivity index (χ1v) is 8.65. The van der Waals surface area contributed by atoms with Crippen LogP contribution in [0.4, 0.5) is 0 Å². The summed E-state index contributed by atoms with van der Waals surface area (Å²) in [5.74, 6) is 0.830. The number of fused-ring (bicyclic) bond motifs is 1. The Bertz CT molecular complexity index is 882. The van der Waals surface area contributed by atoms with Gasteiger partial charge in [-0.3, -0.25) is 4.79 Å². The van der Waals surface area contributed by atoms with Crippen LogP contribution in [0, 0.1) is 6.92 Å². The molecule has 130 valence electrons. The fraction of sp³-hybridized carbons (Fsp3) is 0.286. The van der Waals surface area contributed by atoms with E-state index in [4.69, 9.17) is 4.74 Å². The molecule has 25 heavy (non-hydrogen) atoms. The molecular formula is C21H24N2O2. The molecule has 1 unspecified atom stereocenters. The third kappa shape index (κ3) is 4.02. The fourth-order valence-electron chi connectivity index (χ4n) is 3.05. The summed E-state index contributed by atoms with van der Waals surface area (Å²) in [5.41, 5.74) is 4.20. The quantitative estimate of drug-likeness (QED) is 0.705. The first-order valence-electron chi connectivity index (χ1n) is 8.65. The standard InChI is InChI=1S/C21H24N2O2/c1-4-25-20-8-5-14(2)11-18(20)15(3)23-21(24)13-16-6-7-17-9-10-22-19(17)12-16/h5-12,15,22H,4,13H2,1-3H3,(H,23,24). The molecule has 0 saturated heterocycles. The van der Waals surface area contributed by atoms with Crippen LogP contribution in [0.2, 0.25) is 0 Å². The van der Waals surface area contributed by atoms with Gasteiger partial charge in [0.15, 0.2) is 0 Å². The minimum absolute atomic E-state index is 0.00219. The number of carbonyl (C=O) groups excluding carboxylic acids is 1. The van der Waals surface area contributed by atoms with Crippen molar-refractivity contribution in [3.63, 3.8) is 0 Å². The van der Waals surface area contributed by atoms with Crippen LogP contribution in [0.15, 0.2) is 48.7 Å². The van der Waals surface area contributed by atoms with Gasteiger partial charge in [0, 0.05) is 17.3 Å². The van der Waals surface area contributed by atoms with Crippen molar-refractivity contribution in [2.24, 2.45) is 0 Å². The number of ether oxygens (including phenoxy) is 1. The van der Waals surface area contributed by atoms with Crippen LogP contribution in [-0.2, 0) is 11.2 Å². The lowest BCUT2D eigenvalue weighted by molar-refractivity contribution is -0.121. The van der Waals surface area contributed by atoms with E-state index in [1.54, 1.807) is 0 Å². The molecule has 0 aliphatic carbocycles. The number of carbonyl (C=O) groups is 1. The summed E-state index contributed by atoms with van der Waals surface area (Å²) in [7, 11) is 0. The molecule has 0 spiro atoms. The van der Waals surface area contributed by atoms with Crippen LogP contribution in [-0.4, -0.2) is 17.5 Å². The van der Waals surface area contributed by atoms with Gasteiger partial charge in [0.05, 0.1) is 19.1 Å². The maximum Gasteiger partial charge on any atom is 0.224 e. The van der Waals surface area contributed by atoms with Gasteiger partial charge >= 0.3 is 0 Å². The third-order valence-electron chi connectivity index (χ3n) is 4.29. The number of H-pyrrole nitrogens is 1. The van der Waals surface area contributed by atoms with Crippen LogP contribution in [0.1, 0.15) is 36.6 Å². The number of hydrogen-bond acceptors (Lipinski definition) is 2. The average Bonchev–Trinajstić information content (AvgIpc) is 3.04. The van der Waals surface area contributed by atoms with Crippen molar-refractivity contribution >= 4 is 16.8 Å². The Morgan fingerprint density at radius 3 is 2.84 bits per heavy atom. The van der Waals surface area contributed by atoms with Crippen molar-refractivity contribution in [1.29, 1.82) is 0 Å². The van der Waals surface area contributed by atoms with Gasteiger partial charge in [-0.1, -0.05) is 29.8 Å². The number of aromatic amines is 1. The van der Waals surface area contributed by atoms with Crippen molar-refractivity contribution in [2.75, 3.05) is 6.61 Å². The highest BCUT2D eigenvalue weighted by Gasteiger charge is 2.15. The zero-order valence-corrected chi connectivity index (χ0v) is 14.9. The minimum Gasteiger partial charge on any atom is -0.494 e. The van der Waals surface area contributed by atoms with E-state index in [1.807, 2.05) is 63.4 Å². The topological polar surface area (TPSA) is 54.1 Å². The van der Waals surface area contributed by atoms with E-state index in [9.17, 15) is 4.79 Å². The monoisotopic (exact) mass is 336 g/mol. The summed E-state index contributed by atoms with van der Waals surface area (Å²) in [5, 5.41) is 4.23. The second-order valence-electron chi connectivity index (χ2n) is 6.34. The van der Waals surface area contributed by atoms with Gasteiger partial charge in [-0.15, -0.1) is 0 Å². The van der Waals surface area contributed by atoms with Gasteiger partial charge in [-0.25, -0.2) is 0 Å². The Balaban J connectivity index is 1.70. The summed E-state index contributed by atoms with van der Waals surface area (Å²) in [6.07, 6.45) is 2.26. The van der Waals surface area contributed by atoms with E-state index < -0.39 is 0 Å². The number of amides is 1. The molecule has 4 nitrogen and oxygen atoms in total. The van der Waals surface area contributed by atoms with E-state index in [0.717, 1.165) is 33.3 Å². The minimum atomic E-state index is -0.108. The second kappa shape index (κ2) is 7.43. The molecule has 1 amide bonds. The molecule has 0 fully saturated rings. The Hall–Kier alpha value is -2.75. The van der Waals surface area contributed by atoms with Gasteiger partial charge in [0.25, 0.3) is 0 Å². The molecule has 1 atom stereocenters. The number of rotatable bonds is 6. The van der Waals surface area contributed by atoms with Crippen LogP contribution < -0.4 is 10.1 Å². The molecule has 3 rings (SSSR count). The summed E-state index contributed by atoms with van der Waals surface area (Å²) < 4.78 is 5.70. The molecule has 1 aromatic heterocycles.